The number of benzene rings is 2. The Morgan fingerprint density at radius 3 is 2.62 bits per heavy atom. The van der Waals surface area contributed by atoms with E-state index in [2.05, 4.69) is 5.32 Å². The molecule has 1 N–H and O–H groups in total. The van der Waals surface area contributed by atoms with Crippen LogP contribution in [-0.4, -0.2) is 5.78 Å². The maximum atomic E-state index is 12.1. The monoisotopic (exact) mass is 319 g/mol. The average molecular weight is 320 g/mol. The molecule has 21 heavy (non-hydrogen) atoms. The highest BCUT2D eigenvalue weighted by Crippen LogP contribution is 2.22. The number of hydrogen-bond acceptors (Lipinski definition) is 2. The molecule has 0 bridgehead atoms. The standard InChI is InChI=1S/C17H15Cl2NO/c1-11-4-3-5-16(12(11)2)20-9-8-17(21)14-7-6-13(18)10-15(14)19/h3-10,20H,1-2H3. The van der Waals surface area contributed by atoms with E-state index in [1.54, 1.807) is 24.4 Å². The molecule has 0 fully saturated rings. The van der Waals surface area contributed by atoms with Crippen molar-refractivity contribution in [3.63, 3.8) is 0 Å². The van der Waals surface area contributed by atoms with Crippen LogP contribution in [0.3, 0.4) is 0 Å². The van der Waals surface area contributed by atoms with Gasteiger partial charge in [0.1, 0.15) is 0 Å². The zero-order chi connectivity index (χ0) is 15.4. The Balaban J connectivity index is 2.11. The van der Waals surface area contributed by atoms with Crippen LogP contribution in [0, 0.1) is 13.8 Å². The summed E-state index contributed by atoms with van der Waals surface area (Å²) < 4.78 is 0. The largest absolute Gasteiger partial charge is 0.361 e. The van der Waals surface area contributed by atoms with Crippen LogP contribution >= 0.6 is 23.2 Å². The molecule has 2 aromatic carbocycles. The van der Waals surface area contributed by atoms with E-state index < -0.39 is 0 Å². The molecule has 0 aliphatic heterocycles. The number of ketones is 1. The summed E-state index contributed by atoms with van der Waals surface area (Å²) in [6.07, 6.45) is 3.08. The lowest BCUT2D eigenvalue weighted by molar-refractivity contribution is 0.104. The molecule has 0 aromatic heterocycles. The van der Waals surface area contributed by atoms with Crippen LogP contribution in [-0.2, 0) is 0 Å². The van der Waals surface area contributed by atoms with Gasteiger partial charge in [-0.2, -0.15) is 0 Å². The highest BCUT2D eigenvalue weighted by atomic mass is 35.5. The lowest BCUT2D eigenvalue weighted by atomic mass is 10.1. The fraction of sp³-hybridized carbons (Fsp3) is 0.118. The normalized spacial score (nSPS) is 10.9. The van der Waals surface area contributed by atoms with Crippen molar-refractivity contribution >= 4 is 34.7 Å². The van der Waals surface area contributed by atoms with Crippen LogP contribution in [0.2, 0.25) is 10.0 Å². The molecule has 0 aliphatic carbocycles. The molecule has 2 rings (SSSR count). The quantitative estimate of drug-likeness (QED) is 0.602. The Morgan fingerprint density at radius 2 is 1.90 bits per heavy atom. The maximum Gasteiger partial charge on any atom is 0.188 e. The summed E-state index contributed by atoms with van der Waals surface area (Å²) in [5, 5.41) is 3.97. The van der Waals surface area contributed by atoms with Gasteiger partial charge in [-0.25, -0.2) is 0 Å². The van der Waals surface area contributed by atoms with E-state index in [-0.39, 0.29) is 5.78 Å². The number of nitrogens with one attached hydrogen (secondary N) is 1. The number of rotatable bonds is 4. The molecule has 0 atom stereocenters. The van der Waals surface area contributed by atoms with Gasteiger partial charge in [-0.1, -0.05) is 35.3 Å². The zero-order valence-corrected chi connectivity index (χ0v) is 13.3. The molecule has 2 aromatic rings. The molecule has 0 aliphatic rings. The van der Waals surface area contributed by atoms with Gasteiger partial charge in [0.25, 0.3) is 0 Å². The number of carbonyl (C=O) groups excluding carboxylic acids is 1. The molecule has 108 valence electrons. The molecule has 0 saturated heterocycles. The maximum absolute atomic E-state index is 12.1. The summed E-state index contributed by atoms with van der Waals surface area (Å²) in [6, 6.07) is 10.8. The van der Waals surface area contributed by atoms with E-state index in [0.717, 1.165) is 11.3 Å². The number of halogens is 2. The summed E-state index contributed by atoms with van der Waals surface area (Å²) in [4.78, 5) is 12.1. The minimum Gasteiger partial charge on any atom is -0.361 e. The van der Waals surface area contributed by atoms with Gasteiger partial charge < -0.3 is 5.32 Å². The lowest BCUT2D eigenvalue weighted by Crippen LogP contribution is -1.98. The number of aryl methyl sites for hydroxylation is 1. The first-order valence-corrected chi connectivity index (χ1v) is 7.23. The zero-order valence-electron chi connectivity index (χ0n) is 11.8. The van der Waals surface area contributed by atoms with Gasteiger partial charge in [0.15, 0.2) is 5.78 Å². The topological polar surface area (TPSA) is 29.1 Å². The van der Waals surface area contributed by atoms with Crippen LogP contribution in [0.15, 0.2) is 48.7 Å². The predicted molar refractivity (Wildman–Crippen MR) is 89.5 cm³/mol. The second-order valence-corrected chi connectivity index (χ2v) is 5.56. The molecule has 0 saturated carbocycles. The molecule has 0 heterocycles. The van der Waals surface area contributed by atoms with Gasteiger partial charge >= 0.3 is 0 Å². The van der Waals surface area contributed by atoms with Gasteiger partial charge in [0, 0.05) is 28.5 Å². The summed E-state index contributed by atoms with van der Waals surface area (Å²) in [5.41, 5.74) is 3.75. The third-order valence-electron chi connectivity index (χ3n) is 3.27. The van der Waals surface area contributed by atoms with Crippen molar-refractivity contribution in [3.8, 4) is 0 Å². The highest BCUT2D eigenvalue weighted by Gasteiger charge is 2.07. The minimum absolute atomic E-state index is 0.172. The van der Waals surface area contributed by atoms with Crippen LogP contribution < -0.4 is 5.32 Å². The number of allylic oxidation sites excluding steroid dienone is 1. The second kappa shape index (κ2) is 6.79. The first-order chi connectivity index (χ1) is 9.99. The van der Waals surface area contributed by atoms with Crippen LogP contribution in [0.25, 0.3) is 0 Å². The van der Waals surface area contributed by atoms with Crippen LogP contribution in [0.1, 0.15) is 21.5 Å². The van der Waals surface area contributed by atoms with Crippen molar-refractivity contribution in [2.75, 3.05) is 5.32 Å². The van der Waals surface area contributed by atoms with Crippen LogP contribution in [0.5, 0.6) is 0 Å². The minimum atomic E-state index is -0.172. The molecule has 0 radical (unpaired) electrons. The molecule has 4 heteroatoms. The van der Waals surface area contributed by atoms with Crippen molar-refractivity contribution in [1.29, 1.82) is 0 Å². The van der Waals surface area contributed by atoms with Gasteiger partial charge in [-0.05, 0) is 49.2 Å². The highest BCUT2D eigenvalue weighted by molar-refractivity contribution is 6.37. The van der Waals surface area contributed by atoms with E-state index >= 15 is 0 Å². The SMILES string of the molecule is Cc1cccc(NC=CC(=O)c2ccc(Cl)cc2Cl)c1C. The van der Waals surface area contributed by atoms with E-state index in [1.807, 2.05) is 32.0 Å². The summed E-state index contributed by atoms with van der Waals surface area (Å²) >= 11 is 11.8. The van der Waals surface area contributed by atoms with E-state index in [9.17, 15) is 4.79 Å². The number of hydrogen-bond donors (Lipinski definition) is 1. The summed E-state index contributed by atoms with van der Waals surface area (Å²) in [7, 11) is 0. The van der Waals surface area contributed by atoms with Crippen molar-refractivity contribution in [1.82, 2.24) is 0 Å². The van der Waals surface area contributed by atoms with Crippen molar-refractivity contribution in [2.24, 2.45) is 0 Å². The third kappa shape index (κ3) is 3.87. The van der Waals surface area contributed by atoms with Gasteiger partial charge in [0.05, 0.1) is 5.02 Å². The van der Waals surface area contributed by atoms with Crippen molar-refractivity contribution in [3.05, 3.63) is 75.4 Å². The van der Waals surface area contributed by atoms with Gasteiger partial charge in [-0.3, -0.25) is 4.79 Å². The first kappa shape index (κ1) is 15.6. The Bertz CT molecular complexity index is 708. The van der Waals surface area contributed by atoms with Crippen molar-refractivity contribution in [2.45, 2.75) is 13.8 Å². The van der Waals surface area contributed by atoms with E-state index in [1.165, 1.54) is 11.6 Å². The van der Waals surface area contributed by atoms with Gasteiger partial charge in [-0.15, -0.1) is 0 Å². The van der Waals surface area contributed by atoms with Crippen molar-refractivity contribution < 1.29 is 4.79 Å². The fourth-order valence-corrected chi connectivity index (χ4v) is 2.40. The first-order valence-electron chi connectivity index (χ1n) is 6.47. The molecular formula is C17H15Cl2NO. The predicted octanol–water partition coefficient (Wildman–Crippen LogP) is 5.42. The molecule has 0 spiro atoms. The molecular weight excluding hydrogens is 305 g/mol. The van der Waals surface area contributed by atoms with Gasteiger partial charge in [0.2, 0.25) is 0 Å². The smallest absolute Gasteiger partial charge is 0.188 e. The summed E-state index contributed by atoms with van der Waals surface area (Å²) in [6.45, 7) is 4.08. The Morgan fingerprint density at radius 1 is 1.14 bits per heavy atom. The Kier molecular flexibility index (Phi) is 5.05. The molecule has 2 nitrogen and oxygen atoms in total. The molecule has 0 unspecified atom stereocenters. The average Bonchev–Trinajstić information content (AvgIpc) is 2.43. The summed E-state index contributed by atoms with van der Waals surface area (Å²) in [5.74, 6) is -0.172. The third-order valence-corrected chi connectivity index (χ3v) is 3.82. The Hall–Kier alpha value is -1.77. The lowest BCUT2D eigenvalue weighted by Gasteiger charge is -2.07. The second-order valence-electron chi connectivity index (χ2n) is 4.71. The number of carbonyl (C=O) groups is 1. The van der Waals surface area contributed by atoms with E-state index in [0.29, 0.717) is 15.6 Å². The van der Waals surface area contributed by atoms with Crippen LogP contribution in [0.4, 0.5) is 5.69 Å². The van der Waals surface area contributed by atoms with E-state index in [4.69, 9.17) is 23.2 Å². The number of anilines is 1. The fourth-order valence-electron chi connectivity index (χ4n) is 1.89. The Labute approximate surface area is 134 Å². The molecule has 0 amide bonds.